The number of methoxy groups -OCH3 is 1. The third kappa shape index (κ3) is 4.94. The molecule has 0 saturated heterocycles. The summed E-state index contributed by atoms with van der Waals surface area (Å²) < 4.78 is 18.3. The van der Waals surface area contributed by atoms with Gasteiger partial charge < -0.3 is 10.1 Å². The van der Waals surface area contributed by atoms with Crippen LogP contribution in [0.2, 0.25) is 5.02 Å². The van der Waals surface area contributed by atoms with Crippen LogP contribution in [0.4, 0.5) is 10.1 Å². The Hall–Kier alpha value is -2.11. The molecule has 128 valence electrons. The van der Waals surface area contributed by atoms with Crippen LogP contribution in [0.1, 0.15) is 12.5 Å². The first-order chi connectivity index (χ1) is 11.5. The molecule has 0 atom stereocenters. The maximum Gasteiger partial charge on any atom is 0.238 e. The number of hydrogen-bond acceptors (Lipinski definition) is 3. The molecule has 0 aliphatic rings. The largest absolute Gasteiger partial charge is 0.495 e. The van der Waals surface area contributed by atoms with E-state index in [0.717, 1.165) is 5.56 Å². The second kappa shape index (κ2) is 8.66. The summed E-state index contributed by atoms with van der Waals surface area (Å²) in [5.74, 6) is 0.0794. The van der Waals surface area contributed by atoms with E-state index in [1.165, 1.54) is 12.1 Å². The summed E-state index contributed by atoms with van der Waals surface area (Å²) in [5.41, 5.74) is 1.41. The van der Waals surface area contributed by atoms with Crippen molar-refractivity contribution in [3.05, 3.63) is 58.9 Å². The maximum atomic E-state index is 13.1. The monoisotopic (exact) mass is 350 g/mol. The molecule has 0 saturated carbocycles. The molecule has 2 aromatic rings. The molecule has 0 aliphatic carbocycles. The van der Waals surface area contributed by atoms with Gasteiger partial charge in [-0.25, -0.2) is 4.39 Å². The summed E-state index contributed by atoms with van der Waals surface area (Å²) >= 11 is 6.05. The molecule has 0 spiro atoms. The van der Waals surface area contributed by atoms with E-state index in [1.807, 2.05) is 24.0 Å². The Morgan fingerprint density at radius 3 is 2.71 bits per heavy atom. The van der Waals surface area contributed by atoms with Crippen LogP contribution in [0.5, 0.6) is 5.75 Å². The van der Waals surface area contributed by atoms with Crippen molar-refractivity contribution in [1.82, 2.24) is 4.90 Å². The van der Waals surface area contributed by atoms with E-state index < -0.39 is 0 Å². The zero-order valence-electron chi connectivity index (χ0n) is 13.7. The van der Waals surface area contributed by atoms with Crippen molar-refractivity contribution in [2.24, 2.45) is 0 Å². The van der Waals surface area contributed by atoms with Crippen LogP contribution >= 0.6 is 11.6 Å². The van der Waals surface area contributed by atoms with E-state index in [2.05, 4.69) is 5.32 Å². The molecule has 0 aromatic heterocycles. The highest BCUT2D eigenvalue weighted by Crippen LogP contribution is 2.23. The Morgan fingerprint density at radius 1 is 1.29 bits per heavy atom. The van der Waals surface area contributed by atoms with Gasteiger partial charge in [0.2, 0.25) is 5.91 Å². The molecule has 24 heavy (non-hydrogen) atoms. The number of carbonyl (C=O) groups excluding carboxylic acids is 1. The lowest BCUT2D eigenvalue weighted by molar-refractivity contribution is -0.117. The van der Waals surface area contributed by atoms with E-state index in [9.17, 15) is 9.18 Å². The highest BCUT2D eigenvalue weighted by molar-refractivity contribution is 6.31. The predicted molar refractivity (Wildman–Crippen MR) is 94.0 cm³/mol. The van der Waals surface area contributed by atoms with Crippen LogP contribution in [0.15, 0.2) is 42.5 Å². The van der Waals surface area contributed by atoms with Gasteiger partial charge in [0.25, 0.3) is 0 Å². The highest BCUT2D eigenvalue weighted by Gasteiger charge is 2.13. The number of nitrogens with one attached hydrogen (secondary N) is 1. The molecular formula is C18H20ClFN2O2. The number of hydrogen-bond donors (Lipinski definition) is 1. The number of carbonyl (C=O) groups is 1. The molecule has 6 heteroatoms. The molecule has 1 N–H and O–H groups in total. The lowest BCUT2D eigenvalue weighted by Gasteiger charge is -2.21. The highest BCUT2D eigenvalue weighted by atomic mass is 35.5. The van der Waals surface area contributed by atoms with Crippen LogP contribution in [-0.2, 0) is 11.3 Å². The molecule has 0 unspecified atom stereocenters. The Bertz CT molecular complexity index is 709. The minimum atomic E-state index is -0.374. The van der Waals surface area contributed by atoms with Gasteiger partial charge in [-0.2, -0.15) is 0 Å². The number of benzene rings is 2. The van der Waals surface area contributed by atoms with Crippen molar-refractivity contribution in [1.29, 1.82) is 0 Å². The summed E-state index contributed by atoms with van der Waals surface area (Å²) in [6.45, 7) is 3.28. The third-order valence-corrected chi connectivity index (χ3v) is 3.96. The minimum Gasteiger partial charge on any atom is -0.495 e. The van der Waals surface area contributed by atoms with Gasteiger partial charge in [-0.05, 0) is 36.4 Å². The number of halogens is 2. The zero-order valence-corrected chi connectivity index (χ0v) is 14.4. The van der Waals surface area contributed by atoms with Gasteiger partial charge in [-0.1, -0.05) is 36.7 Å². The van der Waals surface area contributed by atoms with Crippen LogP contribution in [-0.4, -0.2) is 31.0 Å². The molecule has 0 heterocycles. The van der Waals surface area contributed by atoms with E-state index in [-0.39, 0.29) is 18.3 Å². The Labute approximate surface area is 146 Å². The van der Waals surface area contributed by atoms with Crippen molar-refractivity contribution < 1.29 is 13.9 Å². The third-order valence-electron chi connectivity index (χ3n) is 3.60. The topological polar surface area (TPSA) is 41.6 Å². The molecule has 2 rings (SSSR count). The van der Waals surface area contributed by atoms with Crippen LogP contribution in [0.25, 0.3) is 0 Å². The van der Waals surface area contributed by atoms with E-state index in [0.29, 0.717) is 29.5 Å². The van der Waals surface area contributed by atoms with Gasteiger partial charge in [0, 0.05) is 11.6 Å². The van der Waals surface area contributed by atoms with Crippen LogP contribution in [0.3, 0.4) is 0 Å². The van der Waals surface area contributed by atoms with Crippen molar-refractivity contribution in [3.8, 4) is 5.75 Å². The molecule has 0 fully saturated rings. The number of rotatable bonds is 7. The number of likely N-dealkylation sites (N-methyl/N-ethyl adjacent to an activating group) is 1. The first-order valence-corrected chi connectivity index (χ1v) is 8.00. The predicted octanol–water partition coefficient (Wildman–Crippen LogP) is 3.95. The fourth-order valence-corrected chi connectivity index (χ4v) is 2.54. The number of ether oxygens (including phenoxy) is 1. The minimum absolute atomic E-state index is 0.153. The fraction of sp³-hybridized carbons (Fsp3) is 0.278. The maximum absolute atomic E-state index is 13.1. The van der Waals surface area contributed by atoms with Crippen LogP contribution in [0, 0.1) is 5.82 Å². The Balaban J connectivity index is 2.00. The van der Waals surface area contributed by atoms with Gasteiger partial charge in [-0.15, -0.1) is 0 Å². The van der Waals surface area contributed by atoms with Crippen LogP contribution < -0.4 is 10.1 Å². The van der Waals surface area contributed by atoms with Gasteiger partial charge in [-0.3, -0.25) is 9.69 Å². The average Bonchev–Trinajstić information content (AvgIpc) is 2.57. The summed E-state index contributed by atoms with van der Waals surface area (Å²) in [6.07, 6.45) is 0. The van der Waals surface area contributed by atoms with Gasteiger partial charge in [0.15, 0.2) is 0 Å². The standard InChI is InChI=1S/C18H20ClFN2O2/c1-3-22(11-13-8-9-14(20)10-15(13)19)12-18(23)21-16-6-4-5-7-17(16)24-2/h4-10H,3,11-12H2,1-2H3,(H,21,23). The molecule has 0 aliphatic heterocycles. The van der Waals surface area contributed by atoms with Crippen molar-refractivity contribution in [2.45, 2.75) is 13.5 Å². The summed E-state index contributed by atoms with van der Waals surface area (Å²) in [6, 6.07) is 11.5. The second-order valence-electron chi connectivity index (χ2n) is 5.29. The lowest BCUT2D eigenvalue weighted by atomic mass is 10.2. The van der Waals surface area contributed by atoms with Gasteiger partial charge in [0.1, 0.15) is 11.6 Å². The molecular weight excluding hydrogens is 331 g/mol. The number of nitrogens with zero attached hydrogens (tertiary/aromatic N) is 1. The van der Waals surface area contributed by atoms with E-state index >= 15 is 0 Å². The zero-order chi connectivity index (χ0) is 17.5. The average molecular weight is 351 g/mol. The summed E-state index contributed by atoms with van der Waals surface area (Å²) in [4.78, 5) is 14.2. The fourth-order valence-electron chi connectivity index (χ4n) is 2.31. The van der Waals surface area contributed by atoms with Gasteiger partial charge in [0.05, 0.1) is 19.3 Å². The smallest absolute Gasteiger partial charge is 0.238 e. The van der Waals surface area contributed by atoms with Crippen molar-refractivity contribution in [2.75, 3.05) is 25.5 Å². The molecule has 0 bridgehead atoms. The van der Waals surface area contributed by atoms with E-state index in [1.54, 1.807) is 25.3 Å². The molecule has 2 aromatic carbocycles. The van der Waals surface area contributed by atoms with Crippen molar-refractivity contribution >= 4 is 23.2 Å². The van der Waals surface area contributed by atoms with Crippen molar-refractivity contribution in [3.63, 3.8) is 0 Å². The quantitative estimate of drug-likeness (QED) is 0.822. The first kappa shape index (κ1) is 18.2. The summed E-state index contributed by atoms with van der Waals surface area (Å²) in [5, 5.41) is 3.20. The Kier molecular flexibility index (Phi) is 6.58. The SMILES string of the molecule is CCN(CC(=O)Nc1ccccc1OC)Cc1ccc(F)cc1Cl. The molecule has 0 radical (unpaired) electrons. The van der Waals surface area contributed by atoms with E-state index in [4.69, 9.17) is 16.3 Å². The number of anilines is 1. The lowest BCUT2D eigenvalue weighted by Crippen LogP contribution is -2.32. The molecule has 4 nitrogen and oxygen atoms in total. The number of para-hydroxylation sites is 2. The summed E-state index contributed by atoms with van der Waals surface area (Å²) in [7, 11) is 1.56. The normalized spacial score (nSPS) is 10.7. The first-order valence-electron chi connectivity index (χ1n) is 7.62. The second-order valence-corrected chi connectivity index (χ2v) is 5.69. The molecule has 1 amide bonds. The number of amides is 1. The Morgan fingerprint density at radius 2 is 2.04 bits per heavy atom. The van der Waals surface area contributed by atoms with Gasteiger partial charge >= 0.3 is 0 Å².